The molecule has 0 aromatic rings. The van der Waals surface area contributed by atoms with Crippen molar-refractivity contribution in [1.82, 2.24) is 10.6 Å². The first-order valence-corrected chi connectivity index (χ1v) is 2.61. The molecule has 1 atom stereocenters. The van der Waals surface area contributed by atoms with Crippen molar-refractivity contribution in [2.24, 2.45) is 0 Å². The van der Waals surface area contributed by atoms with Gasteiger partial charge in [-0.05, 0) is 6.92 Å². The van der Waals surface area contributed by atoms with Crippen molar-refractivity contribution in [3.63, 3.8) is 0 Å². The van der Waals surface area contributed by atoms with Crippen LogP contribution in [0, 0.1) is 0 Å². The van der Waals surface area contributed by atoms with E-state index in [2.05, 4.69) is 23.8 Å². The largest absolute Gasteiger partial charge is 0.364 e. The third-order valence-electron chi connectivity index (χ3n) is 1.22. The molecule has 44 valence electrons. The maximum absolute atomic E-state index is 3.75. The van der Waals surface area contributed by atoms with E-state index in [0.29, 0.717) is 6.04 Å². The minimum Gasteiger partial charge on any atom is -0.364 e. The van der Waals surface area contributed by atoms with Crippen LogP contribution >= 0.6 is 0 Å². The van der Waals surface area contributed by atoms with Gasteiger partial charge in [-0.15, -0.1) is 0 Å². The average molecular weight is 110 g/mol. The molecule has 0 spiro atoms. The zero-order chi connectivity index (χ0) is 6.15. The molecule has 2 nitrogen and oxygen atoms in total. The summed E-state index contributed by atoms with van der Waals surface area (Å²) in [5, 5.41) is 6.03. The van der Waals surface area contributed by atoms with Crippen LogP contribution in [0.15, 0.2) is 24.7 Å². The van der Waals surface area contributed by atoms with Gasteiger partial charge in [0.25, 0.3) is 0 Å². The van der Waals surface area contributed by atoms with Crippen LogP contribution in [-0.4, -0.2) is 6.04 Å². The Morgan fingerprint density at radius 3 is 2.25 bits per heavy atom. The SMILES string of the molecule is C=C1NC(=C)[C@@H](C)N1. The fourth-order valence-corrected chi connectivity index (χ4v) is 0.687. The van der Waals surface area contributed by atoms with Crippen LogP contribution in [0.4, 0.5) is 0 Å². The predicted octanol–water partition coefficient (Wildman–Crippen LogP) is 0.553. The van der Waals surface area contributed by atoms with Crippen LogP contribution in [0.3, 0.4) is 0 Å². The van der Waals surface area contributed by atoms with E-state index in [1.165, 1.54) is 0 Å². The summed E-state index contributed by atoms with van der Waals surface area (Å²) in [6.07, 6.45) is 0. The summed E-state index contributed by atoms with van der Waals surface area (Å²) < 4.78 is 0. The molecule has 0 aliphatic carbocycles. The lowest BCUT2D eigenvalue weighted by molar-refractivity contribution is 0.773. The quantitative estimate of drug-likeness (QED) is 0.476. The zero-order valence-corrected chi connectivity index (χ0v) is 4.99. The molecule has 1 aliphatic rings. The lowest BCUT2D eigenvalue weighted by atomic mass is 10.3. The van der Waals surface area contributed by atoms with E-state index >= 15 is 0 Å². The van der Waals surface area contributed by atoms with Gasteiger partial charge in [-0.25, -0.2) is 0 Å². The Labute approximate surface area is 49.3 Å². The van der Waals surface area contributed by atoms with Crippen molar-refractivity contribution in [2.75, 3.05) is 0 Å². The molecule has 0 saturated carbocycles. The topological polar surface area (TPSA) is 24.1 Å². The van der Waals surface area contributed by atoms with Gasteiger partial charge in [0.2, 0.25) is 0 Å². The Hall–Kier alpha value is -0.920. The van der Waals surface area contributed by atoms with Crippen LogP contribution < -0.4 is 10.6 Å². The first-order valence-electron chi connectivity index (χ1n) is 2.61. The maximum Gasteiger partial charge on any atom is 0.0960 e. The van der Waals surface area contributed by atoms with Crippen molar-refractivity contribution in [3.8, 4) is 0 Å². The van der Waals surface area contributed by atoms with E-state index in [4.69, 9.17) is 0 Å². The van der Waals surface area contributed by atoms with Crippen LogP contribution in [-0.2, 0) is 0 Å². The molecular formula is C6H10N2. The Morgan fingerprint density at radius 1 is 1.50 bits per heavy atom. The second kappa shape index (κ2) is 1.54. The highest BCUT2D eigenvalue weighted by Crippen LogP contribution is 2.04. The lowest BCUT2D eigenvalue weighted by Crippen LogP contribution is -2.15. The molecule has 1 fully saturated rings. The van der Waals surface area contributed by atoms with Gasteiger partial charge in [0.15, 0.2) is 0 Å². The fourth-order valence-electron chi connectivity index (χ4n) is 0.687. The molecule has 0 unspecified atom stereocenters. The molecule has 2 N–H and O–H groups in total. The highest BCUT2D eigenvalue weighted by atomic mass is 15.2. The average Bonchev–Trinajstić information content (AvgIpc) is 1.85. The van der Waals surface area contributed by atoms with Crippen molar-refractivity contribution >= 4 is 0 Å². The van der Waals surface area contributed by atoms with E-state index < -0.39 is 0 Å². The summed E-state index contributed by atoms with van der Waals surface area (Å²) in [5.74, 6) is 0.850. The van der Waals surface area contributed by atoms with E-state index in [1.807, 2.05) is 6.92 Å². The van der Waals surface area contributed by atoms with Gasteiger partial charge in [-0.2, -0.15) is 0 Å². The fraction of sp³-hybridized carbons (Fsp3) is 0.333. The van der Waals surface area contributed by atoms with Crippen molar-refractivity contribution < 1.29 is 0 Å². The smallest absolute Gasteiger partial charge is 0.0960 e. The number of nitrogens with one attached hydrogen (secondary N) is 2. The van der Waals surface area contributed by atoms with Gasteiger partial charge in [0, 0.05) is 5.70 Å². The molecule has 8 heavy (non-hydrogen) atoms. The summed E-state index contributed by atoms with van der Waals surface area (Å²) in [6, 6.07) is 0.336. The molecule has 1 rings (SSSR count). The number of hydrogen-bond donors (Lipinski definition) is 2. The summed E-state index contributed by atoms with van der Waals surface area (Å²) in [5.41, 5.74) is 0.995. The Morgan fingerprint density at radius 2 is 2.12 bits per heavy atom. The van der Waals surface area contributed by atoms with Crippen molar-refractivity contribution in [3.05, 3.63) is 24.7 Å². The van der Waals surface area contributed by atoms with Gasteiger partial charge in [-0.3, -0.25) is 0 Å². The standard InChI is InChI=1S/C6H10N2/c1-4-5(2)8-6(3)7-4/h5,7-8H,1,3H2,2H3/t5-/m1/s1. The molecule has 1 saturated heterocycles. The highest BCUT2D eigenvalue weighted by Gasteiger charge is 2.13. The normalized spacial score (nSPS) is 27.4. The van der Waals surface area contributed by atoms with E-state index in [0.717, 1.165) is 11.5 Å². The molecule has 1 heterocycles. The molecule has 0 radical (unpaired) electrons. The third kappa shape index (κ3) is 0.689. The molecule has 0 aromatic carbocycles. The van der Waals surface area contributed by atoms with Gasteiger partial charge < -0.3 is 10.6 Å². The maximum atomic E-state index is 3.75. The van der Waals surface area contributed by atoms with Gasteiger partial charge >= 0.3 is 0 Å². The van der Waals surface area contributed by atoms with Gasteiger partial charge in [-0.1, -0.05) is 13.2 Å². The third-order valence-corrected chi connectivity index (χ3v) is 1.22. The van der Waals surface area contributed by atoms with Crippen LogP contribution in [0.2, 0.25) is 0 Å². The Balaban J connectivity index is 2.64. The molecule has 0 bridgehead atoms. The monoisotopic (exact) mass is 110 g/mol. The number of rotatable bonds is 0. The summed E-state index contributed by atoms with van der Waals surface area (Å²) >= 11 is 0. The lowest BCUT2D eigenvalue weighted by Gasteiger charge is -1.98. The second-order valence-corrected chi connectivity index (χ2v) is 1.99. The Bertz CT molecular complexity index is 137. The van der Waals surface area contributed by atoms with Gasteiger partial charge in [0.1, 0.15) is 0 Å². The molecule has 0 amide bonds. The van der Waals surface area contributed by atoms with Crippen LogP contribution in [0.25, 0.3) is 0 Å². The Kier molecular flexibility index (Phi) is 1.01. The summed E-state index contributed by atoms with van der Waals surface area (Å²) in [4.78, 5) is 0. The zero-order valence-electron chi connectivity index (χ0n) is 4.99. The van der Waals surface area contributed by atoms with E-state index in [9.17, 15) is 0 Å². The van der Waals surface area contributed by atoms with Crippen molar-refractivity contribution in [2.45, 2.75) is 13.0 Å². The second-order valence-electron chi connectivity index (χ2n) is 1.99. The summed E-state index contributed by atoms with van der Waals surface area (Å²) in [6.45, 7) is 9.46. The van der Waals surface area contributed by atoms with Crippen LogP contribution in [0.5, 0.6) is 0 Å². The number of hydrogen-bond acceptors (Lipinski definition) is 2. The minimum absolute atomic E-state index is 0.336. The molecule has 0 aromatic heterocycles. The molecule has 1 aliphatic heterocycles. The predicted molar refractivity (Wildman–Crippen MR) is 34.0 cm³/mol. The first kappa shape index (κ1) is 5.22. The first-order chi connectivity index (χ1) is 3.70. The van der Waals surface area contributed by atoms with Crippen LogP contribution in [0.1, 0.15) is 6.92 Å². The molecule has 2 heteroatoms. The highest BCUT2D eigenvalue weighted by molar-refractivity contribution is 5.17. The molecular weight excluding hydrogens is 100 g/mol. The summed E-state index contributed by atoms with van der Waals surface area (Å²) in [7, 11) is 0. The van der Waals surface area contributed by atoms with Gasteiger partial charge in [0.05, 0.1) is 11.9 Å². The van der Waals surface area contributed by atoms with Crippen molar-refractivity contribution in [1.29, 1.82) is 0 Å². The van der Waals surface area contributed by atoms with E-state index in [-0.39, 0.29) is 0 Å². The minimum atomic E-state index is 0.336. The van der Waals surface area contributed by atoms with E-state index in [1.54, 1.807) is 0 Å².